The minimum Gasteiger partial charge on any atom is -0.489 e. The van der Waals surface area contributed by atoms with Crippen LogP contribution in [0.15, 0.2) is 22.7 Å². The number of hydrogen-bond donors (Lipinski definition) is 1. The average molecular weight is 248 g/mol. The van der Waals surface area contributed by atoms with Gasteiger partial charge in [-0.2, -0.15) is 0 Å². The van der Waals surface area contributed by atoms with E-state index in [0.717, 1.165) is 0 Å². The van der Waals surface area contributed by atoms with Gasteiger partial charge in [-0.25, -0.2) is 4.39 Å². The van der Waals surface area contributed by atoms with E-state index in [1.165, 1.54) is 12.1 Å². The van der Waals surface area contributed by atoms with E-state index in [4.69, 9.17) is 10.5 Å². The van der Waals surface area contributed by atoms with Gasteiger partial charge < -0.3 is 10.5 Å². The van der Waals surface area contributed by atoms with Gasteiger partial charge in [-0.05, 0) is 19.1 Å². The molecule has 1 unspecified atom stereocenters. The Morgan fingerprint density at radius 2 is 2.23 bits per heavy atom. The van der Waals surface area contributed by atoms with E-state index in [1.54, 1.807) is 6.07 Å². The molecule has 0 aliphatic rings. The Hall–Kier alpha value is -0.610. The zero-order valence-electron chi connectivity index (χ0n) is 7.26. The Labute approximate surface area is 85.0 Å². The van der Waals surface area contributed by atoms with Crippen LogP contribution in [0.25, 0.3) is 0 Å². The second-order valence-electron chi connectivity index (χ2n) is 2.77. The molecule has 1 rings (SSSR count). The lowest BCUT2D eigenvalue weighted by Gasteiger charge is -2.12. The summed E-state index contributed by atoms with van der Waals surface area (Å²) in [7, 11) is 0. The maximum absolute atomic E-state index is 12.8. The van der Waals surface area contributed by atoms with E-state index in [0.29, 0.717) is 16.8 Å². The number of rotatable bonds is 3. The van der Waals surface area contributed by atoms with Gasteiger partial charge in [-0.15, -0.1) is 0 Å². The third-order valence-electron chi connectivity index (χ3n) is 1.51. The van der Waals surface area contributed by atoms with E-state index in [9.17, 15) is 4.39 Å². The molecule has 0 radical (unpaired) electrons. The highest BCUT2D eigenvalue weighted by Crippen LogP contribution is 2.21. The molecular formula is C9H11BrFNO. The van der Waals surface area contributed by atoms with Gasteiger partial charge in [0, 0.05) is 17.1 Å². The van der Waals surface area contributed by atoms with Crippen LogP contribution in [0.4, 0.5) is 4.39 Å². The molecule has 13 heavy (non-hydrogen) atoms. The van der Waals surface area contributed by atoms with Gasteiger partial charge in [0.25, 0.3) is 0 Å². The highest BCUT2D eigenvalue weighted by Gasteiger charge is 2.03. The maximum atomic E-state index is 12.8. The van der Waals surface area contributed by atoms with Crippen molar-refractivity contribution in [2.45, 2.75) is 13.0 Å². The lowest BCUT2D eigenvalue weighted by Crippen LogP contribution is -2.22. The number of nitrogens with two attached hydrogens (primary N) is 1. The fourth-order valence-corrected chi connectivity index (χ4v) is 1.32. The minimum absolute atomic E-state index is 0.103. The predicted molar refractivity (Wildman–Crippen MR) is 53.2 cm³/mol. The second kappa shape index (κ2) is 4.58. The molecule has 0 aliphatic heterocycles. The summed E-state index contributed by atoms with van der Waals surface area (Å²) in [6.07, 6.45) is -0.103. The van der Waals surface area contributed by atoms with Gasteiger partial charge in [-0.1, -0.05) is 15.9 Å². The molecule has 0 saturated heterocycles. The summed E-state index contributed by atoms with van der Waals surface area (Å²) in [5, 5.41) is 0. The Morgan fingerprint density at radius 1 is 1.54 bits per heavy atom. The van der Waals surface area contributed by atoms with E-state index >= 15 is 0 Å². The Balaban J connectivity index is 2.77. The van der Waals surface area contributed by atoms with Crippen molar-refractivity contribution in [1.82, 2.24) is 0 Å². The Bertz CT molecular complexity index is 273. The summed E-state index contributed by atoms with van der Waals surface area (Å²) >= 11 is 3.17. The van der Waals surface area contributed by atoms with Crippen LogP contribution in [0.2, 0.25) is 0 Å². The first-order chi connectivity index (χ1) is 6.11. The van der Waals surface area contributed by atoms with E-state index < -0.39 is 0 Å². The van der Waals surface area contributed by atoms with Crippen molar-refractivity contribution in [2.24, 2.45) is 5.73 Å². The molecule has 0 bridgehead atoms. The zero-order valence-corrected chi connectivity index (χ0v) is 8.84. The number of hydrogen-bond acceptors (Lipinski definition) is 2. The summed E-state index contributed by atoms with van der Waals surface area (Å²) in [6.45, 7) is 2.24. The molecular weight excluding hydrogens is 237 g/mol. The lowest BCUT2D eigenvalue weighted by atomic mass is 10.3. The van der Waals surface area contributed by atoms with Crippen LogP contribution in [0, 0.1) is 5.82 Å². The third-order valence-corrected chi connectivity index (χ3v) is 1.96. The molecule has 0 heterocycles. The highest BCUT2D eigenvalue weighted by molar-refractivity contribution is 9.10. The largest absolute Gasteiger partial charge is 0.489 e. The summed E-state index contributed by atoms with van der Waals surface area (Å²) in [5.74, 6) is 0.165. The molecule has 4 heteroatoms. The fraction of sp³-hybridized carbons (Fsp3) is 0.333. The van der Waals surface area contributed by atoms with E-state index in [1.807, 2.05) is 6.92 Å². The molecule has 1 aromatic carbocycles. The predicted octanol–water partition coefficient (Wildman–Crippen LogP) is 2.31. The zero-order chi connectivity index (χ0) is 9.84. The first-order valence-electron chi connectivity index (χ1n) is 3.94. The average Bonchev–Trinajstić information content (AvgIpc) is 2.02. The van der Waals surface area contributed by atoms with Crippen LogP contribution < -0.4 is 10.5 Å². The van der Waals surface area contributed by atoms with Crippen molar-refractivity contribution < 1.29 is 9.13 Å². The van der Waals surface area contributed by atoms with Crippen LogP contribution in [-0.2, 0) is 0 Å². The van der Waals surface area contributed by atoms with Crippen molar-refractivity contribution in [2.75, 3.05) is 6.54 Å². The third kappa shape index (κ3) is 3.32. The van der Waals surface area contributed by atoms with E-state index in [2.05, 4.69) is 15.9 Å². The normalized spacial score (nSPS) is 12.6. The number of halogens is 2. The number of ether oxygens (including phenoxy) is 1. The van der Waals surface area contributed by atoms with Gasteiger partial charge in [0.05, 0.1) is 0 Å². The molecule has 72 valence electrons. The number of benzene rings is 1. The van der Waals surface area contributed by atoms with Crippen molar-refractivity contribution in [3.8, 4) is 5.75 Å². The molecule has 0 aliphatic carbocycles. The van der Waals surface area contributed by atoms with E-state index in [-0.39, 0.29) is 11.9 Å². The van der Waals surface area contributed by atoms with Crippen LogP contribution >= 0.6 is 15.9 Å². The molecule has 1 atom stereocenters. The summed E-state index contributed by atoms with van der Waals surface area (Å²) in [6, 6.07) is 4.41. The van der Waals surface area contributed by atoms with Crippen molar-refractivity contribution in [3.05, 3.63) is 28.5 Å². The Morgan fingerprint density at radius 3 is 2.77 bits per heavy atom. The topological polar surface area (TPSA) is 35.2 Å². The van der Waals surface area contributed by atoms with Crippen LogP contribution in [0.3, 0.4) is 0 Å². The van der Waals surface area contributed by atoms with Crippen molar-refractivity contribution in [3.63, 3.8) is 0 Å². The van der Waals surface area contributed by atoms with Crippen molar-refractivity contribution >= 4 is 15.9 Å². The summed E-state index contributed by atoms with van der Waals surface area (Å²) in [5.41, 5.74) is 5.37. The Kier molecular flexibility index (Phi) is 3.69. The smallest absolute Gasteiger partial charge is 0.128 e. The molecule has 2 N–H and O–H groups in total. The van der Waals surface area contributed by atoms with Gasteiger partial charge >= 0.3 is 0 Å². The molecule has 0 amide bonds. The first-order valence-corrected chi connectivity index (χ1v) is 4.74. The molecule has 1 aromatic rings. The highest BCUT2D eigenvalue weighted by atomic mass is 79.9. The SMILES string of the molecule is CC(CN)Oc1cc(F)cc(Br)c1. The molecule has 0 spiro atoms. The quantitative estimate of drug-likeness (QED) is 0.890. The van der Waals surface area contributed by atoms with Gasteiger partial charge in [0.2, 0.25) is 0 Å². The molecule has 0 aromatic heterocycles. The van der Waals surface area contributed by atoms with Gasteiger partial charge in [0.1, 0.15) is 17.7 Å². The fourth-order valence-electron chi connectivity index (χ4n) is 0.877. The summed E-state index contributed by atoms with van der Waals surface area (Å²) < 4.78 is 18.8. The van der Waals surface area contributed by atoms with Crippen LogP contribution in [0.1, 0.15) is 6.92 Å². The van der Waals surface area contributed by atoms with Crippen LogP contribution in [0.5, 0.6) is 5.75 Å². The molecule has 2 nitrogen and oxygen atoms in total. The second-order valence-corrected chi connectivity index (χ2v) is 3.68. The van der Waals surface area contributed by atoms with Crippen LogP contribution in [-0.4, -0.2) is 12.6 Å². The minimum atomic E-state index is -0.325. The molecule has 0 saturated carbocycles. The maximum Gasteiger partial charge on any atom is 0.128 e. The van der Waals surface area contributed by atoms with Gasteiger partial charge in [0.15, 0.2) is 0 Å². The lowest BCUT2D eigenvalue weighted by molar-refractivity contribution is 0.229. The first kappa shape index (κ1) is 10.5. The standard InChI is InChI=1S/C9H11BrFNO/c1-6(5-12)13-9-3-7(10)2-8(11)4-9/h2-4,6H,5,12H2,1H3. The monoisotopic (exact) mass is 247 g/mol. The summed E-state index contributed by atoms with van der Waals surface area (Å²) in [4.78, 5) is 0. The van der Waals surface area contributed by atoms with Gasteiger partial charge in [-0.3, -0.25) is 0 Å². The molecule has 0 fully saturated rings. The van der Waals surface area contributed by atoms with Crippen molar-refractivity contribution in [1.29, 1.82) is 0 Å².